The number of hydrogen-bond donors (Lipinski definition) is 2. The Labute approximate surface area is 202 Å². The Balaban J connectivity index is 1.45. The van der Waals surface area contributed by atoms with E-state index in [2.05, 4.69) is 32.9 Å². The van der Waals surface area contributed by atoms with E-state index in [0.29, 0.717) is 29.1 Å². The molecule has 6 heteroatoms. The first-order chi connectivity index (χ1) is 15.3. The molecule has 0 amide bonds. The van der Waals surface area contributed by atoms with Crippen LogP contribution in [-0.4, -0.2) is 25.1 Å². The molecule has 3 N–H and O–H groups in total. The molecule has 4 rings (SSSR count). The predicted molar refractivity (Wildman–Crippen MR) is 133 cm³/mol. The van der Waals surface area contributed by atoms with E-state index in [1.165, 1.54) is 38.5 Å². The summed E-state index contributed by atoms with van der Waals surface area (Å²) in [6.45, 7) is 11.4. The van der Waals surface area contributed by atoms with Crippen molar-refractivity contribution in [3.05, 3.63) is 12.2 Å². The summed E-state index contributed by atoms with van der Waals surface area (Å²) >= 11 is 0. The van der Waals surface area contributed by atoms with Crippen molar-refractivity contribution >= 4 is 10.4 Å². The van der Waals surface area contributed by atoms with E-state index in [9.17, 15) is 13.0 Å². The second kappa shape index (κ2) is 9.22. The number of hydrogen-bond acceptors (Lipinski definition) is 4. The largest absolute Gasteiger partial charge is 0.397 e. The highest BCUT2D eigenvalue weighted by Crippen LogP contribution is 2.67. The molecule has 0 aromatic rings. The van der Waals surface area contributed by atoms with Gasteiger partial charge in [-0.25, -0.2) is 4.18 Å². The molecule has 3 saturated carbocycles. The highest BCUT2D eigenvalue weighted by atomic mass is 32.3. The Kier molecular flexibility index (Phi) is 7.17. The van der Waals surface area contributed by atoms with Crippen molar-refractivity contribution in [2.45, 2.75) is 105 Å². The summed E-state index contributed by atoms with van der Waals surface area (Å²) in [5.74, 6) is 4.43. The van der Waals surface area contributed by atoms with Crippen LogP contribution in [0.1, 0.15) is 92.4 Å². The quantitative estimate of drug-likeness (QED) is 0.343. The fourth-order valence-electron chi connectivity index (χ4n) is 9.09. The van der Waals surface area contributed by atoms with Gasteiger partial charge in [0, 0.05) is 6.04 Å². The van der Waals surface area contributed by atoms with Crippen LogP contribution in [0.3, 0.4) is 0 Å². The summed E-state index contributed by atoms with van der Waals surface area (Å²) in [6, 6.07) is 0.240. The highest BCUT2D eigenvalue weighted by Gasteiger charge is 2.59. The second-order valence-electron chi connectivity index (χ2n) is 12.9. The molecule has 0 aromatic carbocycles. The Bertz CT molecular complexity index is 841. The van der Waals surface area contributed by atoms with Crippen LogP contribution in [0.2, 0.25) is 0 Å². The van der Waals surface area contributed by atoms with E-state index >= 15 is 0 Å². The number of allylic oxidation sites excluding steroid dienone is 1. The number of fused-ring (bicyclic) bond motifs is 5. The van der Waals surface area contributed by atoms with E-state index in [1.807, 2.05) is 13.8 Å². The van der Waals surface area contributed by atoms with Gasteiger partial charge in [-0.05, 0) is 110 Å². The minimum atomic E-state index is -4.41. The number of nitrogens with two attached hydrogens (primary N) is 1. The normalized spacial score (nSPS) is 44.7. The molecule has 0 aliphatic heterocycles. The molecule has 4 aliphatic rings. The smallest absolute Gasteiger partial charge is 0.324 e. The van der Waals surface area contributed by atoms with Gasteiger partial charge in [-0.1, -0.05) is 46.8 Å². The monoisotopic (exact) mass is 481 g/mol. The first-order valence-corrected chi connectivity index (χ1v) is 14.8. The van der Waals surface area contributed by atoms with Crippen LogP contribution in [-0.2, 0) is 14.6 Å². The van der Waals surface area contributed by atoms with Gasteiger partial charge in [0.25, 0.3) is 0 Å². The first-order valence-electron chi connectivity index (χ1n) is 13.5. The average molecular weight is 482 g/mol. The second-order valence-corrected chi connectivity index (χ2v) is 13.9. The lowest BCUT2D eigenvalue weighted by Gasteiger charge is -2.60. The Morgan fingerprint density at radius 1 is 1.06 bits per heavy atom. The molecule has 5 nitrogen and oxygen atoms in total. The Morgan fingerprint density at radius 3 is 2.45 bits per heavy atom. The Hall–Kier alpha value is -0.430. The van der Waals surface area contributed by atoms with Crippen molar-refractivity contribution in [1.29, 1.82) is 0 Å². The van der Waals surface area contributed by atoms with Crippen LogP contribution in [0.5, 0.6) is 0 Å². The lowest BCUT2D eigenvalue weighted by atomic mass is 9.45. The molecule has 10 atom stereocenters. The first kappa shape index (κ1) is 25.7. The van der Waals surface area contributed by atoms with Crippen LogP contribution in [0.15, 0.2) is 12.2 Å². The van der Waals surface area contributed by atoms with Crippen molar-refractivity contribution < 1.29 is 17.2 Å². The topological polar surface area (TPSA) is 89.6 Å². The van der Waals surface area contributed by atoms with Gasteiger partial charge in [-0.3, -0.25) is 4.55 Å². The summed E-state index contributed by atoms with van der Waals surface area (Å²) in [5, 5.41) is 0. The molecular weight excluding hydrogens is 434 g/mol. The lowest BCUT2D eigenvalue weighted by molar-refractivity contribution is -0.0857. The van der Waals surface area contributed by atoms with Gasteiger partial charge in [0.05, 0.1) is 6.10 Å². The summed E-state index contributed by atoms with van der Waals surface area (Å²) in [7, 11) is -4.41. The van der Waals surface area contributed by atoms with Crippen LogP contribution >= 0.6 is 0 Å². The maximum atomic E-state index is 11.3. The minimum absolute atomic E-state index is 0.0501. The standard InChI is InChI=1S/C27H47NO4S/c1-17(2)25(32-33(29,30)31)11-6-18(3)22-9-10-23-21-8-7-19-16-20(28)12-14-26(19,4)24(21)13-15-27(22,23)5/h12,14,17-25H,6-11,13,15-16,28H2,1-5H3,(H,29,30,31)/t18-,19?,20-,21+,22-,23+,24+,25-,26+,27-/m1/s1. The van der Waals surface area contributed by atoms with E-state index in [0.717, 1.165) is 36.5 Å². The fourth-order valence-corrected chi connectivity index (χ4v) is 9.72. The zero-order valence-corrected chi connectivity index (χ0v) is 22.2. The van der Waals surface area contributed by atoms with Gasteiger partial charge < -0.3 is 5.73 Å². The summed E-state index contributed by atoms with van der Waals surface area (Å²) < 4.78 is 36.7. The van der Waals surface area contributed by atoms with E-state index in [1.54, 1.807) is 0 Å². The lowest BCUT2D eigenvalue weighted by Crippen LogP contribution is -2.53. The Morgan fingerprint density at radius 2 is 1.79 bits per heavy atom. The van der Waals surface area contributed by atoms with E-state index < -0.39 is 16.5 Å². The van der Waals surface area contributed by atoms with Crippen LogP contribution in [0.4, 0.5) is 0 Å². The molecule has 33 heavy (non-hydrogen) atoms. The molecule has 3 fully saturated rings. The third kappa shape index (κ3) is 4.83. The molecule has 0 bridgehead atoms. The molecule has 0 spiro atoms. The molecule has 0 radical (unpaired) electrons. The maximum Gasteiger partial charge on any atom is 0.397 e. The van der Waals surface area contributed by atoms with Gasteiger partial charge in [0.1, 0.15) is 0 Å². The van der Waals surface area contributed by atoms with Crippen LogP contribution < -0.4 is 5.73 Å². The van der Waals surface area contributed by atoms with Crippen molar-refractivity contribution in [2.75, 3.05) is 0 Å². The molecule has 4 aliphatic carbocycles. The zero-order valence-electron chi connectivity index (χ0n) is 21.4. The number of rotatable bonds is 7. The van der Waals surface area contributed by atoms with Gasteiger partial charge in [-0.2, -0.15) is 8.42 Å². The molecular formula is C27H47NO4S. The third-order valence-electron chi connectivity index (χ3n) is 10.9. The maximum absolute atomic E-state index is 11.3. The minimum Gasteiger partial charge on any atom is -0.324 e. The zero-order chi connectivity index (χ0) is 24.2. The van der Waals surface area contributed by atoms with E-state index in [4.69, 9.17) is 9.92 Å². The summed E-state index contributed by atoms with van der Waals surface area (Å²) in [4.78, 5) is 0. The summed E-state index contributed by atoms with van der Waals surface area (Å²) in [5.41, 5.74) is 6.99. The van der Waals surface area contributed by atoms with Crippen LogP contribution in [0, 0.1) is 52.3 Å². The van der Waals surface area contributed by atoms with Gasteiger partial charge in [-0.15, -0.1) is 0 Å². The molecule has 0 saturated heterocycles. The van der Waals surface area contributed by atoms with Crippen molar-refractivity contribution in [2.24, 2.45) is 58.0 Å². The van der Waals surface area contributed by atoms with E-state index in [-0.39, 0.29) is 12.0 Å². The predicted octanol–water partition coefficient (Wildman–Crippen LogP) is 6.01. The SMILES string of the molecule is CC(C)[C@@H](CC[C@@H](C)[C@H]1CC[C@H]2[C@@H]3CCC4C[C@H](N)C=C[C@]4(C)[C@H]3CC[C@]12C)OS(=O)(=O)O. The average Bonchev–Trinajstić information content (AvgIpc) is 3.07. The van der Waals surface area contributed by atoms with Gasteiger partial charge in [0.2, 0.25) is 0 Å². The van der Waals surface area contributed by atoms with Crippen LogP contribution in [0.25, 0.3) is 0 Å². The molecule has 0 heterocycles. The summed E-state index contributed by atoms with van der Waals surface area (Å²) in [6.07, 6.45) is 15.1. The van der Waals surface area contributed by atoms with Gasteiger partial charge in [0.15, 0.2) is 0 Å². The van der Waals surface area contributed by atoms with Crippen molar-refractivity contribution in [3.63, 3.8) is 0 Å². The van der Waals surface area contributed by atoms with Crippen molar-refractivity contribution in [3.8, 4) is 0 Å². The highest BCUT2D eigenvalue weighted by molar-refractivity contribution is 7.80. The van der Waals surface area contributed by atoms with Gasteiger partial charge >= 0.3 is 10.4 Å². The van der Waals surface area contributed by atoms with Crippen molar-refractivity contribution in [1.82, 2.24) is 0 Å². The molecule has 0 aromatic heterocycles. The molecule has 190 valence electrons. The third-order valence-corrected chi connectivity index (χ3v) is 11.4. The fraction of sp³-hybridized carbons (Fsp3) is 0.926. The molecule has 1 unspecified atom stereocenters.